The average molecular weight is 444 g/mol. The van der Waals surface area contributed by atoms with Gasteiger partial charge in [-0.1, -0.05) is 24.3 Å². The summed E-state index contributed by atoms with van der Waals surface area (Å²) >= 11 is 0. The summed E-state index contributed by atoms with van der Waals surface area (Å²) in [5.74, 6) is 0.701. The second kappa shape index (κ2) is 8.87. The zero-order chi connectivity index (χ0) is 22.8. The van der Waals surface area contributed by atoms with Crippen molar-refractivity contribution in [3.8, 4) is 17.0 Å². The van der Waals surface area contributed by atoms with E-state index in [1.807, 2.05) is 41.1 Å². The number of nitrogens with one attached hydrogen (secondary N) is 2. The lowest BCUT2D eigenvalue weighted by Gasteiger charge is -2.23. The average Bonchev–Trinajstić information content (AvgIpc) is 3.26. The number of anilines is 2. The summed E-state index contributed by atoms with van der Waals surface area (Å²) < 4.78 is 7.56. The Morgan fingerprint density at radius 1 is 1.15 bits per heavy atom. The van der Waals surface area contributed by atoms with Gasteiger partial charge in [0.15, 0.2) is 5.65 Å². The molecule has 1 aliphatic heterocycles. The van der Waals surface area contributed by atoms with Gasteiger partial charge < -0.3 is 21.1 Å². The van der Waals surface area contributed by atoms with Crippen LogP contribution in [-0.2, 0) is 0 Å². The molecule has 1 saturated heterocycles. The molecule has 0 spiro atoms. The van der Waals surface area contributed by atoms with Crippen molar-refractivity contribution in [2.75, 3.05) is 31.2 Å². The fourth-order valence-corrected chi connectivity index (χ4v) is 4.23. The van der Waals surface area contributed by atoms with Gasteiger partial charge in [0.1, 0.15) is 23.6 Å². The van der Waals surface area contributed by atoms with Crippen LogP contribution in [0.2, 0.25) is 0 Å². The SMILES string of the molecule is COc1cc(-c2nn(C3CCNCC3)c3ncnc(N)c23)ccc1NC(=O)c1ccccc1. The Morgan fingerprint density at radius 3 is 2.70 bits per heavy atom. The van der Waals surface area contributed by atoms with E-state index in [-0.39, 0.29) is 11.9 Å². The number of nitrogen functional groups attached to an aromatic ring is 1. The number of aromatic nitrogens is 4. The number of hydrogen-bond acceptors (Lipinski definition) is 7. The smallest absolute Gasteiger partial charge is 0.255 e. The molecule has 5 rings (SSSR count). The van der Waals surface area contributed by atoms with E-state index in [9.17, 15) is 4.79 Å². The molecule has 4 N–H and O–H groups in total. The lowest BCUT2D eigenvalue weighted by Crippen LogP contribution is -2.30. The fraction of sp³-hybridized carbons (Fsp3) is 0.250. The van der Waals surface area contributed by atoms with Gasteiger partial charge in [-0.3, -0.25) is 4.79 Å². The molecule has 168 valence electrons. The summed E-state index contributed by atoms with van der Waals surface area (Å²) in [4.78, 5) is 21.3. The predicted molar refractivity (Wildman–Crippen MR) is 127 cm³/mol. The van der Waals surface area contributed by atoms with Crippen molar-refractivity contribution in [3.05, 3.63) is 60.4 Å². The Balaban J connectivity index is 1.54. The Morgan fingerprint density at radius 2 is 1.94 bits per heavy atom. The molecule has 33 heavy (non-hydrogen) atoms. The van der Waals surface area contributed by atoms with E-state index >= 15 is 0 Å². The van der Waals surface area contributed by atoms with Crippen molar-refractivity contribution in [3.63, 3.8) is 0 Å². The molecule has 2 aromatic heterocycles. The molecule has 0 bridgehead atoms. The molecule has 0 atom stereocenters. The number of nitrogens with zero attached hydrogens (tertiary/aromatic N) is 4. The van der Waals surface area contributed by atoms with Crippen LogP contribution in [-0.4, -0.2) is 45.9 Å². The third-order valence-electron chi connectivity index (χ3n) is 5.93. The van der Waals surface area contributed by atoms with Gasteiger partial charge in [0.2, 0.25) is 0 Å². The van der Waals surface area contributed by atoms with Crippen LogP contribution < -0.4 is 21.1 Å². The highest BCUT2D eigenvalue weighted by Gasteiger charge is 2.24. The molecular weight excluding hydrogens is 418 g/mol. The molecule has 9 heteroatoms. The van der Waals surface area contributed by atoms with Crippen LogP contribution in [0.25, 0.3) is 22.3 Å². The maximum absolute atomic E-state index is 12.6. The third kappa shape index (κ3) is 3.98. The topological polar surface area (TPSA) is 120 Å². The Labute approximate surface area is 191 Å². The number of methoxy groups -OCH3 is 1. The lowest BCUT2D eigenvalue weighted by atomic mass is 10.1. The summed E-state index contributed by atoms with van der Waals surface area (Å²) in [5.41, 5.74) is 9.63. The number of amides is 1. The van der Waals surface area contributed by atoms with Crippen molar-refractivity contribution in [2.24, 2.45) is 0 Å². The van der Waals surface area contributed by atoms with E-state index < -0.39 is 0 Å². The first-order valence-corrected chi connectivity index (χ1v) is 10.9. The Bertz CT molecular complexity index is 1300. The van der Waals surface area contributed by atoms with Gasteiger partial charge in [-0.15, -0.1) is 0 Å². The largest absolute Gasteiger partial charge is 0.495 e. The fourth-order valence-electron chi connectivity index (χ4n) is 4.23. The molecule has 2 aromatic carbocycles. The second-order valence-electron chi connectivity index (χ2n) is 7.97. The van der Waals surface area contributed by atoms with Crippen LogP contribution in [0.3, 0.4) is 0 Å². The van der Waals surface area contributed by atoms with Gasteiger partial charge in [-0.2, -0.15) is 5.10 Å². The standard InChI is InChI=1S/C24H25N7O2/c1-33-19-13-16(7-8-18(19)29-24(32)15-5-3-2-4-6-15)21-20-22(25)27-14-28-23(20)31(30-21)17-9-11-26-12-10-17/h2-8,13-14,17,26H,9-12H2,1H3,(H,29,32)(H2,25,27,28). The molecule has 0 saturated carbocycles. The van der Waals surface area contributed by atoms with Crippen LogP contribution in [0.4, 0.5) is 11.5 Å². The number of hydrogen-bond donors (Lipinski definition) is 3. The predicted octanol–water partition coefficient (Wildman–Crippen LogP) is 3.26. The molecule has 1 fully saturated rings. The summed E-state index contributed by atoms with van der Waals surface area (Å²) in [6.07, 6.45) is 3.41. The number of carbonyl (C=O) groups excluding carboxylic acids is 1. The molecule has 0 radical (unpaired) electrons. The van der Waals surface area contributed by atoms with Crippen LogP contribution in [0.1, 0.15) is 29.2 Å². The molecule has 1 amide bonds. The normalized spacial score (nSPS) is 14.3. The van der Waals surface area contributed by atoms with Crippen LogP contribution in [0, 0.1) is 0 Å². The number of carbonyl (C=O) groups is 1. The quantitative estimate of drug-likeness (QED) is 0.433. The van der Waals surface area contributed by atoms with Gasteiger partial charge in [0, 0.05) is 11.1 Å². The van der Waals surface area contributed by atoms with Gasteiger partial charge >= 0.3 is 0 Å². The molecule has 3 heterocycles. The first kappa shape index (κ1) is 20.9. The highest BCUT2D eigenvalue weighted by Crippen LogP contribution is 2.36. The summed E-state index contributed by atoms with van der Waals surface area (Å²) in [7, 11) is 1.57. The van der Waals surface area contributed by atoms with Crippen molar-refractivity contribution in [2.45, 2.75) is 18.9 Å². The van der Waals surface area contributed by atoms with E-state index in [0.717, 1.165) is 42.5 Å². The first-order chi connectivity index (χ1) is 16.2. The van der Waals surface area contributed by atoms with E-state index in [2.05, 4.69) is 20.6 Å². The maximum Gasteiger partial charge on any atom is 0.255 e. The summed E-state index contributed by atoms with van der Waals surface area (Å²) in [5, 5.41) is 11.9. The second-order valence-corrected chi connectivity index (χ2v) is 7.97. The van der Waals surface area contributed by atoms with Gasteiger partial charge in [-0.25, -0.2) is 14.6 Å². The number of benzene rings is 2. The number of piperidine rings is 1. The van der Waals surface area contributed by atoms with Crippen molar-refractivity contribution in [1.29, 1.82) is 0 Å². The summed E-state index contributed by atoms with van der Waals surface area (Å²) in [6, 6.07) is 14.8. The number of rotatable bonds is 5. The van der Waals surface area contributed by atoms with Gasteiger partial charge in [0.25, 0.3) is 5.91 Å². The van der Waals surface area contributed by atoms with Crippen LogP contribution >= 0.6 is 0 Å². The van der Waals surface area contributed by atoms with E-state index in [4.69, 9.17) is 15.6 Å². The zero-order valence-electron chi connectivity index (χ0n) is 18.3. The third-order valence-corrected chi connectivity index (χ3v) is 5.93. The molecule has 4 aromatic rings. The van der Waals surface area contributed by atoms with Gasteiger partial charge in [0.05, 0.1) is 24.2 Å². The first-order valence-electron chi connectivity index (χ1n) is 10.9. The van der Waals surface area contributed by atoms with Crippen molar-refractivity contribution < 1.29 is 9.53 Å². The number of fused-ring (bicyclic) bond motifs is 1. The molecular formula is C24H25N7O2. The summed E-state index contributed by atoms with van der Waals surface area (Å²) in [6.45, 7) is 1.87. The minimum absolute atomic E-state index is 0.208. The Hall–Kier alpha value is -3.98. The van der Waals surface area contributed by atoms with Crippen molar-refractivity contribution in [1.82, 2.24) is 25.1 Å². The van der Waals surface area contributed by atoms with Crippen LogP contribution in [0.15, 0.2) is 54.9 Å². The van der Waals surface area contributed by atoms with Gasteiger partial charge in [-0.05, 0) is 50.2 Å². The monoisotopic (exact) mass is 443 g/mol. The number of nitrogens with two attached hydrogens (primary N) is 1. The minimum Gasteiger partial charge on any atom is -0.495 e. The minimum atomic E-state index is -0.208. The number of ether oxygens (including phenoxy) is 1. The van der Waals surface area contributed by atoms with Crippen molar-refractivity contribution >= 4 is 28.4 Å². The molecule has 0 unspecified atom stereocenters. The maximum atomic E-state index is 12.6. The highest BCUT2D eigenvalue weighted by atomic mass is 16.5. The van der Waals surface area contributed by atoms with Crippen LogP contribution in [0.5, 0.6) is 5.75 Å². The molecule has 9 nitrogen and oxygen atoms in total. The van der Waals surface area contributed by atoms with E-state index in [1.54, 1.807) is 19.2 Å². The van der Waals surface area contributed by atoms with E-state index in [0.29, 0.717) is 28.5 Å². The molecule has 0 aliphatic carbocycles. The molecule has 1 aliphatic rings. The Kier molecular flexibility index (Phi) is 5.62. The zero-order valence-corrected chi connectivity index (χ0v) is 18.3. The lowest BCUT2D eigenvalue weighted by molar-refractivity contribution is 0.102. The highest BCUT2D eigenvalue weighted by molar-refractivity contribution is 6.05. The van der Waals surface area contributed by atoms with E-state index in [1.165, 1.54) is 6.33 Å².